The van der Waals surface area contributed by atoms with Crippen molar-refractivity contribution in [2.75, 3.05) is 26.2 Å². The smallest absolute Gasteiger partial charge is 0.224 e. The van der Waals surface area contributed by atoms with Crippen molar-refractivity contribution in [3.8, 4) is 0 Å². The molecule has 1 fully saturated rings. The van der Waals surface area contributed by atoms with Gasteiger partial charge in [0.2, 0.25) is 5.91 Å². The Labute approximate surface area is 165 Å². The van der Waals surface area contributed by atoms with E-state index < -0.39 is 0 Å². The van der Waals surface area contributed by atoms with Crippen LogP contribution < -0.4 is 5.32 Å². The van der Waals surface area contributed by atoms with Gasteiger partial charge >= 0.3 is 0 Å². The summed E-state index contributed by atoms with van der Waals surface area (Å²) in [6.45, 7) is 7.83. The maximum Gasteiger partial charge on any atom is 0.224 e. The average Bonchev–Trinajstić information content (AvgIpc) is 3.08. The Morgan fingerprint density at radius 1 is 1.14 bits per heavy atom. The van der Waals surface area contributed by atoms with Gasteiger partial charge in [-0.05, 0) is 37.1 Å². The second-order valence-corrected chi connectivity index (χ2v) is 7.82. The molecule has 2 heterocycles. The minimum absolute atomic E-state index is 0.0411. The number of amides is 1. The van der Waals surface area contributed by atoms with Crippen LogP contribution in [0.25, 0.3) is 21.7 Å². The molecule has 2 unspecified atom stereocenters. The first-order valence-corrected chi connectivity index (χ1v) is 10.1. The van der Waals surface area contributed by atoms with Gasteiger partial charge in [0.25, 0.3) is 0 Å². The summed E-state index contributed by atoms with van der Waals surface area (Å²) in [5.41, 5.74) is 1.78. The molecule has 4 rings (SSSR count). The molecule has 3 aromatic rings. The molecule has 2 aromatic carbocycles. The van der Waals surface area contributed by atoms with Gasteiger partial charge in [-0.3, -0.25) is 9.69 Å². The summed E-state index contributed by atoms with van der Waals surface area (Å²) < 4.78 is 11.4. The maximum absolute atomic E-state index is 12.5. The molecule has 5 heteroatoms. The molecule has 28 heavy (non-hydrogen) atoms. The lowest BCUT2D eigenvalue weighted by atomic mass is 10.0. The maximum atomic E-state index is 12.5. The van der Waals surface area contributed by atoms with Crippen LogP contribution in [0, 0.1) is 0 Å². The van der Waals surface area contributed by atoms with E-state index in [1.54, 1.807) is 6.26 Å². The van der Waals surface area contributed by atoms with E-state index in [1.165, 1.54) is 0 Å². The summed E-state index contributed by atoms with van der Waals surface area (Å²) in [6.07, 6.45) is 3.56. The molecule has 1 N–H and O–H groups in total. The highest BCUT2D eigenvalue weighted by Gasteiger charge is 2.21. The first-order chi connectivity index (χ1) is 13.6. The number of morpholine rings is 1. The third-order valence-electron chi connectivity index (χ3n) is 5.36. The predicted octanol–water partition coefficient (Wildman–Crippen LogP) is 3.74. The van der Waals surface area contributed by atoms with Gasteiger partial charge in [-0.1, -0.05) is 30.3 Å². The highest BCUT2D eigenvalue weighted by molar-refractivity contribution is 6.08. The SMILES string of the molecule is CC1CN(CCCNC(=O)Cc2coc3ccc4ccccc4c23)CC(C)O1. The fourth-order valence-corrected chi connectivity index (χ4v) is 4.24. The van der Waals surface area contributed by atoms with Crippen LogP contribution in [0.15, 0.2) is 47.1 Å². The number of hydrogen-bond donors (Lipinski definition) is 1. The second-order valence-electron chi connectivity index (χ2n) is 7.82. The molecule has 0 aliphatic carbocycles. The Hall–Kier alpha value is -2.37. The molecule has 148 valence electrons. The quantitative estimate of drug-likeness (QED) is 0.662. The van der Waals surface area contributed by atoms with Crippen LogP contribution >= 0.6 is 0 Å². The van der Waals surface area contributed by atoms with Gasteiger partial charge in [0.05, 0.1) is 24.9 Å². The summed E-state index contributed by atoms with van der Waals surface area (Å²) in [7, 11) is 0. The molecule has 0 spiro atoms. The van der Waals surface area contributed by atoms with Crippen molar-refractivity contribution >= 4 is 27.6 Å². The summed E-state index contributed by atoms with van der Waals surface area (Å²) >= 11 is 0. The molecule has 0 saturated carbocycles. The van der Waals surface area contributed by atoms with Gasteiger partial charge < -0.3 is 14.5 Å². The Balaban J connectivity index is 1.32. The van der Waals surface area contributed by atoms with Crippen LogP contribution in [0.4, 0.5) is 0 Å². The molecule has 1 aliphatic heterocycles. The van der Waals surface area contributed by atoms with E-state index >= 15 is 0 Å². The molecule has 0 radical (unpaired) electrons. The van der Waals surface area contributed by atoms with Crippen molar-refractivity contribution < 1.29 is 13.9 Å². The number of fused-ring (bicyclic) bond motifs is 3. The van der Waals surface area contributed by atoms with Gasteiger partial charge in [0.15, 0.2) is 0 Å². The van der Waals surface area contributed by atoms with Crippen molar-refractivity contribution in [3.63, 3.8) is 0 Å². The lowest BCUT2D eigenvalue weighted by molar-refractivity contribution is -0.120. The molecule has 1 saturated heterocycles. The molecule has 2 atom stereocenters. The van der Waals surface area contributed by atoms with E-state index in [1.807, 2.05) is 18.2 Å². The highest BCUT2D eigenvalue weighted by Crippen LogP contribution is 2.30. The summed E-state index contributed by atoms with van der Waals surface area (Å²) in [5.74, 6) is 0.0411. The van der Waals surface area contributed by atoms with Crippen LogP contribution in [0.3, 0.4) is 0 Å². The van der Waals surface area contributed by atoms with E-state index in [0.29, 0.717) is 13.0 Å². The Morgan fingerprint density at radius 2 is 1.93 bits per heavy atom. The van der Waals surface area contributed by atoms with Crippen LogP contribution in [0.5, 0.6) is 0 Å². The normalized spacial score (nSPS) is 20.6. The zero-order valence-corrected chi connectivity index (χ0v) is 16.6. The van der Waals surface area contributed by atoms with E-state index in [-0.39, 0.29) is 18.1 Å². The molecule has 5 nitrogen and oxygen atoms in total. The number of benzene rings is 2. The minimum atomic E-state index is 0.0411. The topological polar surface area (TPSA) is 54.7 Å². The van der Waals surface area contributed by atoms with Gasteiger partial charge in [0, 0.05) is 37.1 Å². The fourth-order valence-electron chi connectivity index (χ4n) is 4.24. The van der Waals surface area contributed by atoms with Crippen LogP contribution in [-0.2, 0) is 16.0 Å². The first-order valence-electron chi connectivity index (χ1n) is 10.1. The molecular weight excluding hydrogens is 352 g/mol. The number of rotatable bonds is 6. The molecule has 0 bridgehead atoms. The number of carbonyl (C=O) groups is 1. The number of nitrogens with zero attached hydrogens (tertiary/aromatic N) is 1. The van der Waals surface area contributed by atoms with Gasteiger partial charge in [-0.15, -0.1) is 0 Å². The summed E-state index contributed by atoms with van der Waals surface area (Å²) in [5, 5.41) is 6.39. The number of furan rings is 1. The molecular formula is C23H28N2O3. The van der Waals surface area contributed by atoms with Crippen molar-refractivity contribution in [2.45, 2.75) is 38.9 Å². The van der Waals surface area contributed by atoms with Gasteiger partial charge in [0.1, 0.15) is 5.58 Å². The van der Waals surface area contributed by atoms with Gasteiger partial charge in [-0.2, -0.15) is 0 Å². The van der Waals surface area contributed by atoms with E-state index in [2.05, 4.69) is 42.3 Å². The number of carbonyl (C=O) groups excluding carboxylic acids is 1. The molecule has 1 aromatic heterocycles. The summed E-state index contributed by atoms with van der Waals surface area (Å²) in [4.78, 5) is 14.9. The van der Waals surface area contributed by atoms with E-state index in [0.717, 1.165) is 53.4 Å². The van der Waals surface area contributed by atoms with Crippen molar-refractivity contribution in [1.29, 1.82) is 0 Å². The van der Waals surface area contributed by atoms with E-state index in [9.17, 15) is 4.79 Å². The first kappa shape index (κ1) is 19.0. The van der Waals surface area contributed by atoms with Crippen LogP contribution in [0.1, 0.15) is 25.8 Å². The number of hydrogen-bond acceptors (Lipinski definition) is 4. The number of nitrogens with one attached hydrogen (secondary N) is 1. The third-order valence-corrected chi connectivity index (χ3v) is 5.36. The average molecular weight is 380 g/mol. The molecule has 1 amide bonds. The largest absolute Gasteiger partial charge is 0.464 e. The molecule has 1 aliphatic rings. The van der Waals surface area contributed by atoms with Crippen LogP contribution in [0.2, 0.25) is 0 Å². The highest BCUT2D eigenvalue weighted by atomic mass is 16.5. The minimum Gasteiger partial charge on any atom is -0.464 e. The Bertz CT molecular complexity index is 955. The second kappa shape index (κ2) is 8.33. The van der Waals surface area contributed by atoms with Crippen molar-refractivity contribution in [2.24, 2.45) is 0 Å². The Kier molecular flexibility index (Phi) is 5.64. The lowest BCUT2D eigenvalue weighted by Crippen LogP contribution is -2.46. The van der Waals surface area contributed by atoms with Crippen molar-refractivity contribution in [3.05, 3.63) is 48.2 Å². The zero-order valence-electron chi connectivity index (χ0n) is 16.6. The monoisotopic (exact) mass is 380 g/mol. The van der Waals surface area contributed by atoms with Gasteiger partial charge in [-0.25, -0.2) is 0 Å². The standard InChI is InChI=1S/C23H28N2O3/c1-16-13-25(14-17(2)28-16)11-5-10-24-22(26)12-19-15-27-21-9-8-18-6-3-4-7-20(18)23(19)21/h3-4,6-9,15-17H,5,10-14H2,1-2H3,(H,24,26). The zero-order chi connectivity index (χ0) is 19.5. The fraction of sp³-hybridized carbons (Fsp3) is 0.435. The van der Waals surface area contributed by atoms with Crippen molar-refractivity contribution in [1.82, 2.24) is 10.2 Å². The van der Waals surface area contributed by atoms with E-state index in [4.69, 9.17) is 9.15 Å². The van der Waals surface area contributed by atoms with Crippen LogP contribution in [-0.4, -0.2) is 49.2 Å². The summed E-state index contributed by atoms with van der Waals surface area (Å²) in [6, 6.07) is 12.2. The Morgan fingerprint density at radius 3 is 2.75 bits per heavy atom. The lowest BCUT2D eigenvalue weighted by Gasteiger charge is -2.35. The third kappa shape index (κ3) is 4.21. The predicted molar refractivity (Wildman–Crippen MR) is 111 cm³/mol. The number of ether oxygens (including phenoxy) is 1.